The van der Waals surface area contributed by atoms with Crippen LogP contribution >= 0.6 is 11.6 Å². The van der Waals surface area contributed by atoms with Crippen molar-refractivity contribution in [1.29, 1.82) is 0 Å². The molecular formula is C13H23ClO2. The molecule has 0 radical (unpaired) electrons. The third kappa shape index (κ3) is 2.25. The smallest absolute Gasteiger partial charge is 0.0784 e. The minimum absolute atomic E-state index is 0.193. The minimum atomic E-state index is 0.193. The zero-order chi connectivity index (χ0) is 11.6. The van der Waals surface area contributed by atoms with Gasteiger partial charge in [-0.15, -0.1) is 11.6 Å². The molecule has 0 N–H and O–H groups in total. The predicted octanol–water partition coefficient (Wildman–Crippen LogP) is 3.37. The summed E-state index contributed by atoms with van der Waals surface area (Å²) in [4.78, 5) is 0. The van der Waals surface area contributed by atoms with Gasteiger partial charge in [0.1, 0.15) is 0 Å². The Hall–Kier alpha value is 0.210. The lowest BCUT2D eigenvalue weighted by molar-refractivity contribution is -0.158. The third-order valence-electron chi connectivity index (χ3n) is 4.27. The van der Waals surface area contributed by atoms with Crippen LogP contribution in [-0.2, 0) is 9.47 Å². The van der Waals surface area contributed by atoms with Crippen LogP contribution in [0.3, 0.4) is 0 Å². The predicted molar refractivity (Wildman–Crippen MR) is 66.0 cm³/mol. The highest BCUT2D eigenvalue weighted by Crippen LogP contribution is 2.56. The topological polar surface area (TPSA) is 18.5 Å². The van der Waals surface area contributed by atoms with Gasteiger partial charge in [0.15, 0.2) is 0 Å². The maximum absolute atomic E-state index is 6.43. The zero-order valence-electron chi connectivity index (χ0n) is 10.4. The first kappa shape index (κ1) is 12.7. The van der Waals surface area contributed by atoms with Crippen LogP contribution in [0.15, 0.2) is 0 Å². The van der Waals surface area contributed by atoms with Gasteiger partial charge in [-0.3, -0.25) is 0 Å². The van der Waals surface area contributed by atoms with Crippen LogP contribution in [-0.4, -0.2) is 31.3 Å². The first-order valence-electron chi connectivity index (χ1n) is 6.47. The number of methoxy groups -OCH3 is 1. The molecule has 16 heavy (non-hydrogen) atoms. The van der Waals surface area contributed by atoms with E-state index in [4.69, 9.17) is 21.1 Å². The molecule has 0 aliphatic heterocycles. The van der Waals surface area contributed by atoms with Gasteiger partial charge in [-0.1, -0.05) is 19.3 Å². The van der Waals surface area contributed by atoms with E-state index in [0.29, 0.717) is 23.5 Å². The highest BCUT2D eigenvalue weighted by Gasteiger charge is 2.55. The van der Waals surface area contributed by atoms with Crippen LogP contribution in [0.4, 0.5) is 0 Å². The molecule has 3 heteroatoms. The summed E-state index contributed by atoms with van der Waals surface area (Å²) in [5.41, 5.74) is 0.293. The highest BCUT2D eigenvalue weighted by atomic mass is 35.5. The first-order valence-corrected chi connectivity index (χ1v) is 6.91. The molecule has 0 aromatic heterocycles. The van der Waals surface area contributed by atoms with Crippen LogP contribution in [0.1, 0.15) is 45.4 Å². The second-order valence-electron chi connectivity index (χ2n) is 5.39. The van der Waals surface area contributed by atoms with E-state index in [1.165, 1.54) is 32.1 Å². The molecule has 0 aromatic rings. The molecule has 0 amide bonds. The van der Waals surface area contributed by atoms with Gasteiger partial charge in [0.25, 0.3) is 0 Å². The Morgan fingerprint density at radius 3 is 2.56 bits per heavy atom. The summed E-state index contributed by atoms with van der Waals surface area (Å²) in [6.07, 6.45) is 8.11. The van der Waals surface area contributed by atoms with Crippen LogP contribution in [0.25, 0.3) is 0 Å². The monoisotopic (exact) mass is 246 g/mol. The molecule has 0 aromatic carbocycles. The van der Waals surface area contributed by atoms with Crippen molar-refractivity contribution in [2.75, 3.05) is 13.7 Å². The summed E-state index contributed by atoms with van der Waals surface area (Å²) in [7, 11) is 1.72. The van der Waals surface area contributed by atoms with Gasteiger partial charge in [-0.2, -0.15) is 0 Å². The largest absolute Gasteiger partial charge is 0.382 e. The maximum Gasteiger partial charge on any atom is 0.0784 e. The van der Waals surface area contributed by atoms with E-state index < -0.39 is 0 Å². The normalized spacial score (nSPS) is 34.7. The quantitative estimate of drug-likeness (QED) is 0.709. The molecule has 0 saturated heterocycles. The number of hydrogen-bond donors (Lipinski definition) is 0. The Bertz CT molecular complexity index is 226. The lowest BCUT2D eigenvalue weighted by atomic mass is 9.58. The van der Waals surface area contributed by atoms with Crippen molar-refractivity contribution in [2.24, 2.45) is 5.41 Å². The summed E-state index contributed by atoms with van der Waals surface area (Å²) in [6, 6.07) is 0. The van der Waals surface area contributed by atoms with Gasteiger partial charge in [-0.05, 0) is 26.2 Å². The zero-order valence-corrected chi connectivity index (χ0v) is 11.1. The number of halogens is 1. The van der Waals surface area contributed by atoms with E-state index in [2.05, 4.69) is 6.92 Å². The van der Waals surface area contributed by atoms with Crippen molar-refractivity contribution in [3.63, 3.8) is 0 Å². The van der Waals surface area contributed by atoms with E-state index in [1.54, 1.807) is 7.11 Å². The summed E-state index contributed by atoms with van der Waals surface area (Å²) >= 11 is 6.43. The SMILES string of the molecule is COCC(C)OC1CC(Cl)C12CCCCC2. The summed E-state index contributed by atoms with van der Waals surface area (Å²) in [6.45, 7) is 2.76. The third-order valence-corrected chi connectivity index (χ3v) is 4.88. The molecule has 2 saturated carbocycles. The molecule has 1 spiro atoms. The van der Waals surface area contributed by atoms with E-state index in [0.717, 1.165) is 6.42 Å². The Kier molecular flexibility index (Phi) is 4.15. The van der Waals surface area contributed by atoms with E-state index >= 15 is 0 Å². The fourth-order valence-corrected chi connectivity index (χ4v) is 3.81. The lowest BCUT2D eigenvalue weighted by Gasteiger charge is -2.55. The van der Waals surface area contributed by atoms with Gasteiger partial charge in [0.05, 0.1) is 18.8 Å². The molecule has 3 atom stereocenters. The number of rotatable bonds is 4. The van der Waals surface area contributed by atoms with Gasteiger partial charge in [0, 0.05) is 17.9 Å². The van der Waals surface area contributed by atoms with E-state index in [-0.39, 0.29) is 6.10 Å². The van der Waals surface area contributed by atoms with Crippen LogP contribution in [0.2, 0.25) is 0 Å². The highest BCUT2D eigenvalue weighted by molar-refractivity contribution is 6.21. The fraction of sp³-hybridized carbons (Fsp3) is 1.00. The number of alkyl halides is 1. The van der Waals surface area contributed by atoms with Crippen molar-refractivity contribution in [3.8, 4) is 0 Å². The van der Waals surface area contributed by atoms with Crippen molar-refractivity contribution in [1.82, 2.24) is 0 Å². The Labute approximate surface area is 104 Å². The van der Waals surface area contributed by atoms with Gasteiger partial charge >= 0.3 is 0 Å². The van der Waals surface area contributed by atoms with Gasteiger partial charge in [-0.25, -0.2) is 0 Å². The molecule has 0 bridgehead atoms. The Morgan fingerprint density at radius 1 is 1.31 bits per heavy atom. The molecule has 0 heterocycles. The standard InChI is InChI=1S/C13H23ClO2/c1-10(9-15-2)16-12-8-11(14)13(12)6-4-3-5-7-13/h10-12H,3-9H2,1-2H3. The average molecular weight is 247 g/mol. The van der Waals surface area contributed by atoms with Gasteiger partial charge < -0.3 is 9.47 Å². The summed E-state index contributed by atoms with van der Waals surface area (Å²) in [5, 5.41) is 0.340. The van der Waals surface area contributed by atoms with E-state index in [9.17, 15) is 0 Å². The van der Waals surface area contributed by atoms with E-state index in [1.807, 2.05) is 0 Å². The minimum Gasteiger partial charge on any atom is -0.382 e. The molecule has 94 valence electrons. The maximum atomic E-state index is 6.43. The van der Waals surface area contributed by atoms with Crippen LogP contribution in [0, 0.1) is 5.41 Å². The van der Waals surface area contributed by atoms with Gasteiger partial charge in [0.2, 0.25) is 0 Å². The second kappa shape index (κ2) is 5.24. The molecule has 2 aliphatic rings. The van der Waals surface area contributed by atoms with Crippen molar-refractivity contribution < 1.29 is 9.47 Å². The van der Waals surface area contributed by atoms with Crippen LogP contribution < -0.4 is 0 Å². The first-order chi connectivity index (χ1) is 7.69. The van der Waals surface area contributed by atoms with Crippen molar-refractivity contribution in [3.05, 3.63) is 0 Å². The molecule has 2 nitrogen and oxygen atoms in total. The average Bonchev–Trinajstić information content (AvgIpc) is 2.30. The van der Waals surface area contributed by atoms with Crippen molar-refractivity contribution >= 4 is 11.6 Å². The Balaban J connectivity index is 1.90. The summed E-state index contributed by atoms with van der Waals surface area (Å²) in [5.74, 6) is 0. The van der Waals surface area contributed by atoms with Crippen molar-refractivity contribution in [2.45, 2.75) is 63.0 Å². The molecule has 2 aliphatic carbocycles. The molecular weight excluding hydrogens is 224 g/mol. The second-order valence-corrected chi connectivity index (χ2v) is 5.91. The molecule has 2 rings (SSSR count). The lowest BCUT2D eigenvalue weighted by Crippen LogP contribution is -2.57. The van der Waals surface area contributed by atoms with Crippen LogP contribution in [0.5, 0.6) is 0 Å². The molecule has 2 fully saturated rings. The number of ether oxygens (including phenoxy) is 2. The fourth-order valence-electron chi connectivity index (χ4n) is 3.29. The number of hydrogen-bond acceptors (Lipinski definition) is 2. The summed E-state index contributed by atoms with van der Waals surface area (Å²) < 4.78 is 11.2. The molecule has 3 unspecified atom stereocenters. The Morgan fingerprint density at radius 2 is 2.00 bits per heavy atom.